The topological polar surface area (TPSA) is 95.9 Å². The highest BCUT2D eigenvalue weighted by atomic mass is 16.5. The number of carbonyl (C=O) groups excluding carboxylic acids is 2. The number of nitrogens with one attached hydrogen (secondary N) is 1. The Morgan fingerprint density at radius 1 is 0.450 bits per heavy atom. The number of allylic oxidation sites excluding steroid dienone is 2. The summed E-state index contributed by atoms with van der Waals surface area (Å²) in [6.45, 7) is 4.93. The third-order valence-electron chi connectivity index (χ3n) is 12.6. The van der Waals surface area contributed by atoms with Crippen LogP contribution in [0.5, 0.6) is 0 Å². The van der Waals surface area contributed by atoms with Gasteiger partial charge in [-0.25, -0.2) is 0 Å². The number of esters is 1. The molecule has 0 aliphatic rings. The molecular weight excluding hydrogens is 743 g/mol. The van der Waals surface area contributed by atoms with Gasteiger partial charge in [0.1, 0.15) is 0 Å². The van der Waals surface area contributed by atoms with Gasteiger partial charge in [-0.15, -0.1) is 0 Å². The van der Waals surface area contributed by atoms with Crippen LogP contribution in [0.15, 0.2) is 12.2 Å². The van der Waals surface area contributed by atoms with Gasteiger partial charge in [-0.3, -0.25) is 9.59 Å². The zero-order valence-electron chi connectivity index (χ0n) is 40.5. The van der Waals surface area contributed by atoms with Gasteiger partial charge in [-0.05, 0) is 51.4 Å². The summed E-state index contributed by atoms with van der Waals surface area (Å²) in [4.78, 5) is 24.5. The molecule has 0 aromatic heterocycles. The molecule has 0 saturated carbocycles. The van der Waals surface area contributed by atoms with Crippen molar-refractivity contribution in [3.8, 4) is 0 Å². The SMILES string of the molecule is CCCCCCCCC/C=C\CCCCCCCC(=O)OCCCCCCCCCCCCCCCC(=O)NC(CO)C(O)CCCCCCCCCCCCCCCC. The first kappa shape index (κ1) is 58.6. The number of aliphatic hydroxyl groups excluding tert-OH is 2. The van der Waals surface area contributed by atoms with Crippen LogP contribution < -0.4 is 5.32 Å². The number of hydrogen-bond donors (Lipinski definition) is 3. The van der Waals surface area contributed by atoms with E-state index in [1.807, 2.05) is 0 Å². The van der Waals surface area contributed by atoms with Crippen molar-refractivity contribution in [3.63, 3.8) is 0 Å². The van der Waals surface area contributed by atoms with Crippen LogP contribution in [0.3, 0.4) is 0 Å². The second kappa shape index (κ2) is 50.2. The van der Waals surface area contributed by atoms with Crippen molar-refractivity contribution >= 4 is 11.9 Å². The number of ether oxygens (including phenoxy) is 1. The summed E-state index contributed by atoms with van der Waals surface area (Å²) in [6, 6.07) is -0.550. The minimum atomic E-state index is -0.672. The van der Waals surface area contributed by atoms with Gasteiger partial charge in [0.2, 0.25) is 5.91 Å². The maximum absolute atomic E-state index is 12.4. The Morgan fingerprint density at radius 3 is 1.18 bits per heavy atom. The van der Waals surface area contributed by atoms with E-state index in [1.54, 1.807) is 0 Å². The Bertz CT molecular complexity index is 893. The maximum Gasteiger partial charge on any atom is 0.305 e. The maximum atomic E-state index is 12.4. The molecule has 0 spiro atoms. The minimum absolute atomic E-state index is 0.0124. The van der Waals surface area contributed by atoms with Gasteiger partial charge in [-0.1, -0.05) is 244 Å². The van der Waals surface area contributed by atoms with E-state index in [4.69, 9.17) is 4.74 Å². The van der Waals surface area contributed by atoms with E-state index in [0.717, 1.165) is 51.4 Å². The average molecular weight is 848 g/mol. The van der Waals surface area contributed by atoms with Crippen molar-refractivity contribution in [1.82, 2.24) is 5.32 Å². The van der Waals surface area contributed by atoms with Crippen LogP contribution in [0, 0.1) is 0 Å². The van der Waals surface area contributed by atoms with E-state index < -0.39 is 12.1 Å². The lowest BCUT2D eigenvalue weighted by atomic mass is 10.0. The molecule has 0 heterocycles. The van der Waals surface area contributed by atoms with Crippen LogP contribution in [0.25, 0.3) is 0 Å². The van der Waals surface area contributed by atoms with Crippen molar-refractivity contribution in [2.45, 2.75) is 309 Å². The Balaban J connectivity index is 3.44. The van der Waals surface area contributed by atoms with Gasteiger partial charge < -0.3 is 20.3 Å². The molecule has 6 nitrogen and oxygen atoms in total. The van der Waals surface area contributed by atoms with Crippen LogP contribution in [0.4, 0.5) is 0 Å². The smallest absolute Gasteiger partial charge is 0.305 e. The van der Waals surface area contributed by atoms with Crippen molar-refractivity contribution in [1.29, 1.82) is 0 Å². The lowest BCUT2D eigenvalue weighted by Crippen LogP contribution is -2.45. The molecule has 3 N–H and O–H groups in total. The molecular formula is C54H105NO5. The number of amides is 1. The molecule has 0 bridgehead atoms. The number of aliphatic hydroxyl groups is 2. The second-order valence-corrected chi connectivity index (χ2v) is 18.6. The van der Waals surface area contributed by atoms with Crippen LogP contribution in [-0.2, 0) is 14.3 Å². The van der Waals surface area contributed by atoms with Gasteiger partial charge in [0, 0.05) is 12.8 Å². The van der Waals surface area contributed by atoms with Crippen LogP contribution in [-0.4, -0.2) is 47.4 Å². The van der Waals surface area contributed by atoms with Crippen molar-refractivity contribution in [2.75, 3.05) is 13.2 Å². The number of rotatable bonds is 50. The highest BCUT2D eigenvalue weighted by Crippen LogP contribution is 2.17. The molecule has 0 fully saturated rings. The fraction of sp³-hybridized carbons (Fsp3) is 0.926. The van der Waals surface area contributed by atoms with Crippen LogP contribution in [0.1, 0.15) is 296 Å². The highest BCUT2D eigenvalue weighted by molar-refractivity contribution is 5.76. The van der Waals surface area contributed by atoms with E-state index >= 15 is 0 Å². The predicted octanol–water partition coefficient (Wildman–Crippen LogP) is 16.1. The second-order valence-electron chi connectivity index (χ2n) is 18.6. The summed E-state index contributed by atoms with van der Waals surface area (Å²) in [5.41, 5.74) is 0. The Morgan fingerprint density at radius 2 is 0.783 bits per heavy atom. The summed E-state index contributed by atoms with van der Waals surface area (Å²) in [5.74, 6) is -0.0594. The molecule has 356 valence electrons. The van der Waals surface area contributed by atoms with E-state index in [0.29, 0.717) is 25.9 Å². The number of hydrogen-bond acceptors (Lipinski definition) is 5. The molecule has 0 aromatic carbocycles. The third kappa shape index (κ3) is 46.1. The zero-order chi connectivity index (χ0) is 43.7. The standard InChI is InChI=1S/C54H105NO5/c1-3-5-7-9-11-13-15-17-19-20-24-28-32-36-40-44-48-54(59)60-49-45-41-37-33-29-25-21-23-27-31-35-39-43-47-53(58)55-51(50-56)52(57)46-42-38-34-30-26-22-18-16-14-12-10-8-6-4-2/h19-20,51-52,56-57H,3-18,21-50H2,1-2H3,(H,55,58)/b20-19-. The van der Waals surface area contributed by atoms with Crippen molar-refractivity contribution in [3.05, 3.63) is 12.2 Å². The molecule has 1 amide bonds. The third-order valence-corrected chi connectivity index (χ3v) is 12.6. The van der Waals surface area contributed by atoms with Crippen molar-refractivity contribution < 1.29 is 24.5 Å². The molecule has 60 heavy (non-hydrogen) atoms. The zero-order valence-corrected chi connectivity index (χ0v) is 40.5. The predicted molar refractivity (Wildman–Crippen MR) is 260 cm³/mol. The van der Waals surface area contributed by atoms with Crippen LogP contribution >= 0.6 is 0 Å². The Labute approximate surface area is 374 Å². The van der Waals surface area contributed by atoms with Gasteiger partial charge in [0.15, 0.2) is 0 Å². The number of carbonyl (C=O) groups is 2. The molecule has 0 aromatic rings. The summed E-state index contributed by atoms with van der Waals surface area (Å²) < 4.78 is 5.47. The normalized spacial score (nSPS) is 12.7. The van der Waals surface area contributed by atoms with Gasteiger partial charge in [0.25, 0.3) is 0 Å². The summed E-state index contributed by atoms with van der Waals surface area (Å²) in [6.07, 6.45) is 57.5. The van der Waals surface area contributed by atoms with Gasteiger partial charge >= 0.3 is 5.97 Å². The fourth-order valence-electron chi connectivity index (χ4n) is 8.40. The molecule has 0 rings (SSSR count). The van der Waals surface area contributed by atoms with E-state index in [-0.39, 0.29) is 18.5 Å². The van der Waals surface area contributed by atoms with Gasteiger partial charge in [0.05, 0.1) is 25.4 Å². The monoisotopic (exact) mass is 848 g/mol. The Kier molecular flexibility index (Phi) is 49.1. The molecule has 0 radical (unpaired) electrons. The van der Waals surface area contributed by atoms with Crippen molar-refractivity contribution in [2.24, 2.45) is 0 Å². The van der Waals surface area contributed by atoms with Crippen LogP contribution in [0.2, 0.25) is 0 Å². The molecule has 2 unspecified atom stereocenters. The van der Waals surface area contributed by atoms with E-state index in [9.17, 15) is 19.8 Å². The Hall–Kier alpha value is -1.40. The minimum Gasteiger partial charge on any atom is -0.466 e. The molecule has 0 aliphatic carbocycles. The van der Waals surface area contributed by atoms with E-state index in [2.05, 4.69) is 31.3 Å². The molecule has 0 aliphatic heterocycles. The lowest BCUT2D eigenvalue weighted by molar-refractivity contribution is -0.143. The largest absolute Gasteiger partial charge is 0.466 e. The summed E-state index contributed by atoms with van der Waals surface area (Å²) in [5, 5.41) is 23.2. The highest BCUT2D eigenvalue weighted by Gasteiger charge is 2.20. The molecule has 6 heteroatoms. The fourth-order valence-corrected chi connectivity index (χ4v) is 8.40. The first-order chi connectivity index (χ1) is 29.5. The van der Waals surface area contributed by atoms with E-state index in [1.165, 1.54) is 212 Å². The first-order valence-electron chi connectivity index (χ1n) is 26.9. The quantitative estimate of drug-likeness (QED) is 0.0322. The first-order valence-corrected chi connectivity index (χ1v) is 26.9. The molecule has 0 saturated heterocycles. The number of unbranched alkanes of at least 4 members (excludes halogenated alkanes) is 37. The lowest BCUT2D eigenvalue weighted by Gasteiger charge is -2.22. The molecule has 2 atom stereocenters. The van der Waals surface area contributed by atoms with Gasteiger partial charge in [-0.2, -0.15) is 0 Å². The summed E-state index contributed by atoms with van der Waals surface area (Å²) >= 11 is 0. The summed E-state index contributed by atoms with van der Waals surface area (Å²) in [7, 11) is 0. The average Bonchev–Trinajstić information content (AvgIpc) is 3.25.